The Morgan fingerprint density at radius 1 is 1.26 bits per heavy atom. The van der Waals surface area contributed by atoms with Crippen LogP contribution >= 0.6 is 0 Å². The van der Waals surface area contributed by atoms with Gasteiger partial charge in [0, 0.05) is 5.56 Å². The highest BCUT2D eigenvalue weighted by atomic mass is 16.3. The highest BCUT2D eigenvalue weighted by molar-refractivity contribution is 5.95. The summed E-state index contributed by atoms with van der Waals surface area (Å²) in [6.45, 7) is 3.80. The Bertz CT molecular complexity index is 445. The lowest BCUT2D eigenvalue weighted by Crippen LogP contribution is -2.51. The maximum atomic E-state index is 11.7. The molecule has 6 heteroatoms. The van der Waals surface area contributed by atoms with E-state index in [2.05, 4.69) is 10.9 Å². The Hall–Kier alpha value is -2.08. The number of nitrogens with two attached hydrogens (primary N) is 1. The van der Waals surface area contributed by atoms with Crippen LogP contribution in [0.4, 0.5) is 0 Å². The number of rotatable bonds is 4. The molecule has 1 rings (SSSR count). The summed E-state index contributed by atoms with van der Waals surface area (Å²) in [6, 6.07) is 5.02. The van der Waals surface area contributed by atoms with E-state index in [1.165, 1.54) is 24.3 Å². The molecule has 2 amide bonds. The Morgan fingerprint density at radius 2 is 1.84 bits per heavy atom. The van der Waals surface area contributed by atoms with Crippen LogP contribution in [0, 0.1) is 5.92 Å². The largest absolute Gasteiger partial charge is 0.508 e. The van der Waals surface area contributed by atoms with Gasteiger partial charge in [-0.25, -0.2) is 0 Å². The van der Waals surface area contributed by atoms with Gasteiger partial charge < -0.3 is 10.8 Å². The SMILES string of the molecule is CCC(C)[C@H](N)C(=O)NNC(=O)c1ccc(O)cc1. The van der Waals surface area contributed by atoms with E-state index in [4.69, 9.17) is 10.8 Å². The van der Waals surface area contributed by atoms with Gasteiger partial charge in [-0.1, -0.05) is 20.3 Å². The van der Waals surface area contributed by atoms with Gasteiger partial charge in [0.1, 0.15) is 5.75 Å². The summed E-state index contributed by atoms with van der Waals surface area (Å²) < 4.78 is 0. The summed E-state index contributed by atoms with van der Waals surface area (Å²) in [5, 5.41) is 9.10. The van der Waals surface area contributed by atoms with Gasteiger partial charge in [-0.15, -0.1) is 0 Å². The topological polar surface area (TPSA) is 104 Å². The van der Waals surface area contributed by atoms with E-state index >= 15 is 0 Å². The van der Waals surface area contributed by atoms with Gasteiger partial charge in [-0.2, -0.15) is 0 Å². The number of benzene rings is 1. The maximum Gasteiger partial charge on any atom is 0.269 e. The third kappa shape index (κ3) is 4.26. The summed E-state index contributed by atoms with van der Waals surface area (Å²) in [5.74, 6) is -0.795. The number of hydrazine groups is 1. The van der Waals surface area contributed by atoms with Gasteiger partial charge in [0.2, 0.25) is 0 Å². The first-order valence-corrected chi connectivity index (χ1v) is 6.10. The third-order valence-corrected chi connectivity index (χ3v) is 2.99. The highest BCUT2D eigenvalue weighted by Crippen LogP contribution is 2.09. The average Bonchev–Trinajstić information content (AvgIpc) is 2.43. The minimum atomic E-state index is -0.662. The first kappa shape index (κ1) is 15.0. The van der Waals surface area contributed by atoms with Crippen molar-refractivity contribution in [1.29, 1.82) is 0 Å². The minimum Gasteiger partial charge on any atom is -0.508 e. The van der Waals surface area contributed by atoms with E-state index in [-0.39, 0.29) is 11.7 Å². The normalized spacial score (nSPS) is 13.4. The molecule has 104 valence electrons. The van der Waals surface area contributed by atoms with Crippen LogP contribution in [0.3, 0.4) is 0 Å². The number of carbonyl (C=O) groups excluding carboxylic acids is 2. The standard InChI is InChI=1S/C13H19N3O3/c1-3-8(2)11(14)13(19)16-15-12(18)9-4-6-10(17)7-5-9/h4-8,11,17H,3,14H2,1-2H3,(H,15,18)(H,16,19)/t8?,11-/m0/s1. The molecular formula is C13H19N3O3. The Labute approximate surface area is 112 Å². The van der Waals surface area contributed by atoms with E-state index in [1.54, 1.807) is 0 Å². The van der Waals surface area contributed by atoms with Gasteiger partial charge in [0.05, 0.1) is 6.04 Å². The Morgan fingerprint density at radius 3 is 2.37 bits per heavy atom. The Balaban J connectivity index is 2.50. The number of amides is 2. The zero-order valence-corrected chi connectivity index (χ0v) is 11.0. The van der Waals surface area contributed by atoms with Crippen molar-refractivity contribution in [3.63, 3.8) is 0 Å². The molecule has 0 saturated heterocycles. The molecule has 5 N–H and O–H groups in total. The predicted octanol–water partition coefficient (Wildman–Crippen LogP) is 0.527. The highest BCUT2D eigenvalue weighted by Gasteiger charge is 2.19. The second-order valence-electron chi connectivity index (χ2n) is 4.40. The van der Waals surface area contributed by atoms with Crippen LogP contribution < -0.4 is 16.6 Å². The zero-order valence-electron chi connectivity index (χ0n) is 11.0. The van der Waals surface area contributed by atoms with Gasteiger partial charge >= 0.3 is 0 Å². The molecule has 0 heterocycles. The van der Waals surface area contributed by atoms with Crippen molar-refractivity contribution in [3.8, 4) is 5.75 Å². The molecule has 0 aromatic heterocycles. The molecule has 19 heavy (non-hydrogen) atoms. The molecule has 0 aliphatic carbocycles. The van der Waals surface area contributed by atoms with Gasteiger partial charge in [0.15, 0.2) is 0 Å². The molecule has 0 radical (unpaired) electrons. The van der Waals surface area contributed by atoms with Gasteiger partial charge in [-0.05, 0) is 30.2 Å². The van der Waals surface area contributed by atoms with Crippen LogP contribution in [0.15, 0.2) is 24.3 Å². The van der Waals surface area contributed by atoms with Crippen molar-refractivity contribution in [2.24, 2.45) is 11.7 Å². The van der Waals surface area contributed by atoms with Crippen molar-refractivity contribution in [2.45, 2.75) is 26.3 Å². The summed E-state index contributed by atoms with van der Waals surface area (Å²) in [4.78, 5) is 23.3. The monoisotopic (exact) mass is 265 g/mol. The van der Waals surface area contributed by atoms with Crippen LogP contribution in [-0.4, -0.2) is 23.0 Å². The molecule has 1 unspecified atom stereocenters. The lowest BCUT2D eigenvalue weighted by molar-refractivity contribution is -0.124. The fourth-order valence-corrected chi connectivity index (χ4v) is 1.40. The smallest absolute Gasteiger partial charge is 0.269 e. The van der Waals surface area contributed by atoms with Crippen molar-refractivity contribution >= 4 is 11.8 Å². The maximum absolute atomic E-state index is 11.7. The van der Waals surface area contributed by atoms with Crippen molar-refractivity contribution < 1.29 is 14.7 Å². The lowest BCUT2D eigenvalue weighted by atomic mass is 10.00. The predicted molar refractivity (Wildman–Crippen MR) is 71.1 cm³/mol. The number of nitrogens with one attached hydrogen (secondary N) is 2. The molecule has 1 aromatic rings. The number of phenols is 1. The van der Waals surface area contributed by atoms with E-state index in [0.717, 1.165) is 6.42 Å². The van der Waals surface area contributed by atoms with E-state index in [0.29, 0.717) is 5.56 Å². The second kappa shape index (κ2) is 6.75. The fourth-order valence-electron chi connectivity index (χ4n) is 1.40. The third-order valence-electron chi connectivity index (χ3n) is 2.99. The number of hydrogen-bond acceptors (Lipinski definition) is 4. The summed E-state index contributed by atoms with van der Waals surface area (Å²) in [6.07, 6.45) is 0.778. The summed E-state index contributed by atoms with van der Waals surface area (Å²) >= 11 is 0. The summed E-state index contributed by atoms with van der Waals surface area (Å²) in [5.41, 5.74) is 10.6. The van der Waals surface area contributed by atoms with Crippen molar-refractivity contribution in [3.05, 3.63) is 29.8 Å². The van der Waals surface area contributed by atoms with E-state index in [1.807, 2.05) is 13.8 Å². The molecule has 0 aliphatic heterocycles. The quantitative estimate of drug-likeness (QED) is 0.596. The van der Waals surface area contributed by atoms with Crippen LogP contribution in [0.5, 0.6) is 5.75 Å². The number of phenolic OH excluding ortho intramolecular Hbond substituents is 1. The van der Waals surface area contributed by atoms with E-state index < -0.39 is 17.9 Å². The molecule has 0 bridgehead atoms. The first-order chi connectivity index (χ1) is 8.95. The molecule has 2 atom stereocenters. The number of carbonyl (C=O) groups is 2. The molecule has 0 fully saturated rings. The van der Waals surface area contributed by atoms with Crippen LogP contribution in [0.2, 0.25) is 0 Å². The molecule has 1 aromatic carbocycles. The van der Waals surface area contributed by atoms with Crippen LogP contribution in [0.25, 0.3) is 0 Å². The molecule has 6 nitrogen and oxygen atoms in total. The second-order valence-corrected chi connectivity index (χ2v) is 4.40. The minimum absolute atomic E-state index is 0.0329. The van der Waals surface area contributed by atoms with Crippen molar-refractivity contribution in [2.75, 3.05) is 0 Å². The van der Waals surface area contributed by atoms with Gasteiger partial charge in [-0.3, -0.25) is 20.4 Å². The molecule has 0 spiro atoms. The first-order valence-electron chi connectivity index (χ1n) is 6.10. The fraction of sp³-hybridized carbons (Fsp3) is 0.385. The zero-order chi connectivity index (χ0) is 14.4. The summed E-state index contributed by atoms with van der Waals surface area (Å²) in [7, 11) is 0. The average molecular weight is 265 g/mol. The van der Waals surface area contributed by atoms with Crippen molar-refractivity contribution in [1.82, 2.24) is 10.9 Å². The van der Waals surface area contributed by atoms with Crippen LogP contribution in [-0.2, 0) is 4.79 Å². The molecule has 0 aliphatic rings. The van der Waals surface area contributed by atoms with Gasteiger partial charge in [0.25, 0.3) is 11.8 Å². The molecular weight excluding hydrogens is 246 g/mol. The van der Waals surface area contributed by atoms with E-state index in [9.17, 15) is 9.59 Å². The van der Waals surface area contributed by atoms with Crippen LogP contribution in [0.1, 0.15) is 30.6 Å². The number of aromatic hydroxyl groups is 1. The Kier molecular flexibility index (Phi) is 5.32. The lowest BCUT2D eigenvalue weighted by Gasteiger charge is -2.17. The number of hydrogen-bond donors (Lipinski definition) is 4. The molecule has 0 saturated carbocycles.